The highest BCUT2D eigenvalue weighted by molar-refractivity contribution is 5.69. The molecule has 0 spiro atoms. The second-order valence-electron chi connectivity index (χ2n) is 13.0. The summed E-state index contributed by atoms with van der Waals surface area (Å²) in [5.41, 5.74) is 7.04. The van der Waals surface area contributed by atoms with E-state index < -0.39 is 6.43 Å². The van der Waals surface area contributed by atoms with Gasteiger partial charge in [0.1, 0.15) is 0 Å². The Labute approximate surface area is 266 Å². The Hall–Kier alpha value is -3.34. The highest BCUT2D eigenvalue weighted by Gasteiger charge is 2.28. The van der Waals surface area contributed by atoms with E-state index in [1.165, 1.54) is 45.9 Å². The molecular weight excluding hydrogens is 578 g/mol. The standard InChI is InChI=1S/C34H50F2N6O3/c1-22(15-24(3)33(35)36)18-42(34-37-39-40(6)38-34)25(4)9-8-14-41(19-28-12-10-27(11-13-28)17-31(43)44-7)32-23(2)16-29-20-45-21-30(29)26(32)5/h15-16,25,27-28,33H,3,8-14,17-21H2,1-2,4-7H3/b22-15+. The number of rotatable bonds is 15. The van der Waals surface area contributed by atoms with E-state index in [9.17, 15) is 13.6 Å². The Morgan fingerprint density at radius 3 is 2.58 bits per heavy atom. The Kier molecular flexibility index (Phi) is 12.1. The smallest absolute Gasteiger partial charge is 0.305 e. The van der Waals surface area contributed by atoms with Crippen molar-refractivity contribution in [1.82, 2.24) is 20.2 Å². The number of benzene rings is 1. The van der Waals surface area contributed by atoms with E-state index >= 15 is 0 Å². The van der Waals surface area contributed by atoms with Crippen LogP contribution >= 0.6 is 0 Å². The molecule has 1 atom stereocenters. The molecule has 248 valence electrons. The van der Waals surface area contributed by atoms with Gasteiger partial charge in [-0.3, -0.25) is 4.79 Å². The molecule has 4 rings (SSSR count). The van der Waals surface area contributed by atoms with Gasteiger partial charge in [0, 0.05) is 43.4 Å². The van der Waals surface area contributed by atoms with Crippen molar-refractivity contribution in [1.29, 1.82) is 0 Å². The number of tetrazole rings is 1. The Morgan fingerprint density at radius 1 is 1.22 bits per heavy atom. The molecule has 1 unspecified atom stereocenters. The van der Waals surface area contributed by atoms with E-state index in [-0.39, 0.29) is 17.6 Å². The van der Waals surface area contributed by atoms with Crippen LogP contribution in [0.1, 0.15) is 81.0 Å². The number of carbonyl (C=O) groups excluding carboxylic acids is 1. The van der Waals surface area contributed by atoms with Crippen molar-refractivity contribution in [3.63, 3.8) is 0 Å². The number of aryl methyl sites for hydroxylation is 2. The van der Waals surface area contributed by atoms with Crippen LogP contribution in [0, 0.1) is 25.7 Å². The van der Waals surface area contributed by atoms with Crippen molar-refractivity contribution in [2.45, 2.75) is 98.3 Å². The SMILES string of the molecule is C=C(/C=C(\C)CN(c1nnn(C)n1)C(C)CCCN(CC1CCC(CC(=O)OC)CC1)c1c(C)cc2c(c1C)COC2)C(F)F. The zero-order valence-corrected chi connectivity index (χ0v) is 27.8. The Balaban J connectivity index is 1.48. The van der Waals surface area contributed by atoms with E-state index in [2.05, 4.69) is 53.7 Å². The number of carbonyl (C=O) groups is 1. The molecule has 2 aliphatic rings. The van der Waals surface area contributed by atoms with Gasteiger partial charge in [-0.25, -0.2) is 8.78 Å². The summed E-state index contributed by atoms with van der Waals surface area (Å²) in [7, 11) is 3.18. The summed E-state index contributed by atoms with van der Waals surface area (Å²) in [4.78, 5) is 17.9. The van der Waals surface area contributed by atoms with Crippen molar-refractivity contribution < 1.29 is 23.0 Å². The summed E-state index contributed by atoms with van der Waals surface area (Å²) in [5, 5.41) is 12.7. The minimum Gasteiger partial charge on any atom is -0.469 e. The molecule has 1 fully saturated rings. The number of esters is 1. The first-order valence-electron chi connectivity index (χ1n) is 16.1. The summed E-state index contributed by atoms with van der Waals surface area (Å²) in [5.74, 6) is 1.32. The number of nitrogens with zero attached hydrogens (tertiary/aromatic N) is 6. The summed E-state index contributed by atoms with van der Waals surface area (Å²) in [6.07, 6.45) is 5.44. The van der Waals surface area contributed by atoms with Crippen LogP contribution in [0.5, 0.6) is 0 Å². The summed E-state index contributed by atoms with van der Waals surface area (Å²) < 4.78 is 37.0. The first kappa shape index (κ1) is 34.5. The lowest BCUT2D eigenvalue weighted by Crippen LogP contribution is -2.37. The van der Waals surface area contributed by atoms with Crippen molar-refractivity contribution >= 4 is 17.6 Å². The highest BCUT2D eigenvalue weighted by atomic mass is 19.3. The van der Waals surface area contributed by atoms with Crippen LogP contribution in [0.25, 0.3) is 0 Å². The number of methoxy groups -OCH3 is 1. The number of hydrogen-bond donors (Lipinski definition) is 0. The molecule has 0 radical (unpaired) electrons. The Bertz CT molecular complexity index is 1350. The number of halogens is 2. The van der Waals surface area contributed by atoms with Crippen LogP contribution in [0.2, 0.25) is 0 Å². The van der Waals surface area contributed by atoms with Gasteiger partial charge in [-0.2, -0.15) is 4.80 Å². The lowest BCUT2D eigenvalue weighted by molar-refractivity contribution is -0.142. The van der Waals surface area contributed by atoms with Gasteiger partial charge in [0.2, 0.25) is 0 Å². The fraction of sp³-hybridized carbons (Fsp3) is 0.647. The van der Waals surface area contributed by atoms with Crippen LogP contribution in [0.15, 0.2) is 29.9 Å². The number of fused-ring (bicyclic) bond motifs is 1. The number of allylic oxidation sites excluding steroid dienone is 2. The van der Waals surface area contributed by atoms with Crippen molar-refractivity contribution in [3.8, 4) is 0 Å². The molecule has 0 saturated heterocycles. The molecular formula is C34H50F2N6O3. The third-order valence-electron chi connectivity index (χ3n) is 9.38. The summed E-state index contributed by atoms with van der Waals surface area (Å²) in [6.45, 7) is 15.5. The normalized spacial score (nSPS) is 19.0. The monoisotopic (exact) mass is 628 g/mol. The molecule has 0 bridgehead atoms. The maximum atomic E-state index is 13.1. The van der Waals surface area contributed by atoms with Crippen molar-refractivity contribution in [3.05, 3.63) is 52.1 Å². The van der Waals surface area contributed by atoms with E-state index in [1.807, 2.05) is 11.8 Å². The molecule has 0 N–H and O–H groups in total. The maximum Gasteiger partial charge on any atom is 0.305 e. The van der Waals surface area contributed by atoms with Crippen LogP contribution in [0.4, 0.5) is 20.4 Å². The molecule has 1 saturated carbocycles. The van der Waals surface area contributed by atoms with Gasteiger partial charge in [0.05, 0.1) is 27.4 Å². The fourth-order valence-electron chi connectivity index (χ4n) is 6.96. The van der Waals surface area contributed by atoms with Crippen LogP contribution in [-0.2, 0) is 34.5 Å². The maximum absolute atomic E-state index is 13.1. The lowest BCUT2D eigenvalue weighted by Gasteiger charge is -2.36. The second kappa shape index (κ2) is 15.8. The molecule has 0 amide bonds. The number of hydrogen-bond acceptors (Lipinski definition) is 8. The van der Waals surface area contributed by atoms with Gasteiger partial charge in [-0.15, -0.1) is 5.10 Å². The van der Waals surface area contributed by atoms with E-state index in [0.717, 1.165) is 57.2 Å². The molecule has 45 heavy (non-hydrogen) atoms. The molecule has 2 heterocycles. The van der Waals surface area contributed by atoms with Gasteiger partial charge >= 0.3 is 5.97 Å². The predicted octanol–water partition coefficient (Wildman–Crippen LogP) is 6.48. The largest absolute Gasteiger partial charge is 0.469 e. The van der Waals surface area contributed by atoms with Crippen LogP contribution in [-0.4, -0.2) is 65.4 Å². The average molecular weight is 629 g/mol. The average Bonchev–Trinajstić information content (AvgIpc) is 3.65. The van der Waals surface area contributed by atoms with Gasteiger partial charge in [-0.1, -0.05) is 29.4 Å². The van der Waals surface area contributed by atoms with Crippen molar-refractivity contribution in [2.24, 2.45) is 18.9 Å². The Morgan fingerprint density at radius 2 is 1.93 bits per heavy atom. The van der Waals surface area contributed by atoms with E-state index in [4.69, 9.17) is 9.47 Å². The number of anilines is 2. The highest BCUT2D eigenvalue weighted by Crippen LogP contribution is 2.37. The van der Waals surface area contributed by atoms with Crippen molar-refractivity contribution in [2.75, 3.05) is 36.5 Å². The second-order valence-corrected chi connectivity index (χ2v) is 13.0. The summed E-state index contributed by atoms with van der Waals surface area (Å²) in [6, 6.07) is 2.33. The molecule has 1 aromatic heterocycles. The first-order valence-corrected chi connectivity index (χ1v) is 16.1. The zero-order valence-electron chi connectivity index (χ0n) is 27.8. The van der Waals surface area contributed by atoms with Crippen LogP contribution < -0.4 is 9.80 Å². The van der Waals surface area contributed by atoms with Gasteiger partial charge < -0.3 is 19.3 Å². The molecule has 1 aliphatic heterocycles. The topological polar surface area (TPSA) is 85.6 Å². The molecule has 1 aliphatic carbocycles. The minimum atomic E-state index is -2.59. The summed E-state index contributed by atoms with van der Waals surface area (Å²) >= 11 is 0. The van der Waals surface area contributed by atoms with E-state index in [1.54, 1.807) is 7.05 Å². The molecule has 9 nitrogen and oxygen atoms in total. The minimum absolute atomic E-state index is 0.0450. The van der Waals surface area contributed by atoms with Gasteiger partial charge in [-0.05, 0) is 106 Å². The third kappa shape index (κ3) is 9.11. The molecule has 1 aromatic carbocycles. The molecule has 2 aromatic rings. The first-order chi connectivity index (χ1) is 21.5. The van der Waals surface area contributed by atoms with E-state index in [0.29, 0.717) is 44.0 Å². The number of alkyl halides is 2. The zero-order chi connectivity index (χ0) is 32.7. The van der Waals surface area contributed by atoms with Gasteiger partial charge in [0.15, 0.2) is 0 Å². The van der Waals surface area contributed by atoms with Gasteiger partial charge in [0.25, 0.3) is 12.4 Å². The third-order valence-corrected chi connectivity index (χ3v) is 9.38. The number of aromatic nitrogens is 4. The quantitative estimate of drug-likeness (QED) is 0.164. The number of ether oxygens (including phenoxy) is 2. The molecule has 11 heteroatoms. The fourth-order valence-corrected chi connectivity index (χ4v) is 6.96. The predicted molar refractivity (Wildman–Crippen MR) is 172 cm³/mol. The lowest BCUT2D eigenvalue weighted by atomic mass is 9.80. The van der Waals surface area contributed by atoms with Crippen LogP contribution in [0.3, 0.4) is 0 Å².